The van der Waals surface area contributed by atoms with E-state index in [0.717, 1.165) is 11.5 Å². The monoisotopic (exact) mass is 410 g/mol. The molecule has 2 aromatic carbocycles. The summed E-state index contributed by atoms with van der Waals surface area (Å²) in [5.41, 5.74) is 5.18. The Kier molecular flexibility index (Phi) is 10.8. The van der Waals surface area contributed by atoms with E-state index in [0.29, 0.717) is 5.92 Å². The van der Waals surface area contributed by atoms with Crippen LogP contribution in [0.1, 0.15) is 99.3 Å². The summed E-state index contributed by atoms with van der Waals surface area (Å²) in [6, 6.07) is 13.3. The summed E-state index contributed by atoms with van der Waals surface area (Å²) < 4.78 is 11.0. The Morgan fingerprint density at radius 2 is 1.07 bits per heavy atom. The fraction of sp³-hybridized carbons (Fsp3) is 0.571. The first-order chi connectivity index (χ1) is 14.6. The Labute approximate surface area is 185 Å². The lowest BCUT2D eigenvalue weighted by Crippen LogP contribution is -2.04. The molecule has 166 valence electrons. The first-order valence-electron chi connectivity index (χ1n) is 11.9. The van der Waals surface area contributed by atoms with Crippen molar-refractivity contribution >= 4 is 0 Å². The van der Waals surface area contributed by atoms with Crippen LogP contribution in [-0.2, 0) is 0 Å². The van der Waals surface area contributed by atoms with Crippen LogP contribution in [0, 0.1) is 13.8 Å². The third kappa shape index (κ3) is 7.38. The molecule has 0 aliphatic heterocycles. The number of ether oxygens (including phenoxy) is 2. The second-order valence-electron chi connectivity index (χ2n) is 8.63. The summed E-state index contributed by atoms with van der Waals surface area (Å²) in [4.78, 5) is 0. The molecule has 2 nitrogen and oxygen atoms in total. The smallest absolute Gasteiger partial charge is 0.121 e. The largest absolute Gasteiger partial charge is 0.496 e. The molecule has 0 radical (unpaired) electrons. The summed E-state index contributed by atoms with van der Waals surface area (Å²) in [7, 11) is 3.49. The molecule has 0 aromatic heterocycles. The van der Waals surface area contributed by atoms with Crippen molar-refractivity contribution in [1.29, 1.82) is 0 Å². The van der Waals surface area contributed by atoms with Gasteiger partial charge in [-0.25, -0.2) is 0 Å². The molecule has 0 unspecified atom stereocenters. The molecule has 0 N–H and O–H groups in total. The van der Waals surface area contributed by atoms with Crippen molar-refractivity contribution in [1.82, 2.24) is 0 Å². The van der Waals surface area contributed by atoms with Crippen molar-refractivity contribution in [2.75, 3.05) is 14.2 Å². The van der Waals surface area contributed by atoms with Crippen LogP contribution in [0.4, 0.5) is 0 Å². The number of rotatable bonds is 14. The molecule has 0 aliphatic rings. The van der Waals surface area contributed by atoms with Crippen LogP contribution < -0.4 is 9.47 Å². The number of aryl methyl sites for hydroxylation is 2. The number of benzene rings is 2. The first kappa shape index (κ1) is 24.3. The molecule has 2 aromatic rings. The quantitative estimate of drug-likeness (QED) is 0.291. The molecule has 2 rings (SSSR count). The van der Waals surface area contributed by atoms with Crippen LogP contribution in [0.5, 0.6) is 11.5 Å². The van der Waals surface area contributed by atoms with Gasteiger partial charge in [0, 0.05) is 5.92 Å². The lowest BCUT2D eigenvalue weighted by atomic mass is 9.85. The topological polar surface area (TPSA) is 18.5 Å². The molecule has 0 heterocycles. The second-order valence-corrected chi connectivity index (χ2v) is 8.63. The molecule has 0 fully saturated rings. The van der Waals surface area contributed by atoms with E-state index in [-0.39, 0.29) is 0 Å². The minimum atomic E-state index is 0.420. The molecular formula is C28H42O2. The maximum atomic E-state index is 5.48. The van der Waals surface area contributed by atoms with E-state index >= 15 is 0 Å². The number of unbranched alkanes of at least 4 members (excludes halogenated alkanes) is 8. The molecular weight excluding hydrogens is 368 g/mol. The zero-order valence-corrected chi connectivity index (χ0v) is 19.9. The first-order valence-corrected chi connectivity index (χ1v) is 11.9. The van der Waals surface area contributed by atoms with Gasteiger partial charge in [0.25, 0.3) is 0 Å². The van der Waals surface area contributed by atoms with Crippen LogP contribution in [0.3, 0.4) is 0 Å². The van der Waals surface area contributed by atoms with E-state index < -0.39 is 0 Å². The van der Waals surface area contributed by atoms with Gasteiger partial charge in [-0.2, -0.15) is 0 Å². The molecule has 0 saturated heterocycles. The van der Waals surface area contributed by atoms with Crippen molar-refractivity contribution in [3.8, 4) is 11.5 Å². The van der Waals surface area contributed by atoms with Crippen LogP contribution in [-0.4, -0.2) is 14.2 Å². The number of methoxy groups -OCH3 is 2. The molecule has 30 heavy (non-hydrogen) atoms. The highest BCUT2D eigenvalue weighted by atomic mass is 16.5. The minimum absolute atomic E-state index is 0.420. The SMILES string of the molecule is CCCCCCCCCCCC(c1ccc(OC)c(C)c1)c1ccc(OC)c(C)c1. The van der Waals surface area contributed by atoms with Gasteiger partial charge in [-0.1, -0.05) is 89.0 Å². The lowest BCUT2D eigenvalue weighted by Gasteiger charge is -2.21. The Hall–Kier alpha value is -1.96. The minimum Gasteiger partial charge on any atom is -0.496 e. The zero-order chi connectivity index (χ0) is 21.8. The molecule has 0 amide bonds. The molecule has 0 saturated carbocycles. The van der Waals surface area contributed by atoms with Gasteiger partial charge in [0.1, 0.15) is 11.5 Å². The van der Waals surface area contributed by atoms with Crippen LogP contribution in [0.25, 0.3) is 0 Å². The molecule has 0 bridgehead atoms. The van der Waals surface area contributed by atoms with Crippen LogP contribution >= 0.6 is 0 Å². The van der Waals surface area contributed by atoms with Crippen molar-refractivity contribution in [2.45, 2.75) is 90.9 Å². The van der Waals surface area contributed by atoms with Crippen molar-refractivity contribution < 1.29 is 9.47 Å². The summed E-state index contributed by atoms with van der Waals surface area (Å²) in [6.45, 7) is 6.56. The second kappa shape index (κ2) is 13.4. The Morgan fingerprint density at radius 1 is 0.633 bits per heavy atom. The predicted molar refractivity (Wildman–Crippen MR) is 129 cm³/mol. The number of hydrogen-bond donors (Lipinski definition) is 0. The van der Waals surface area contributed by atoms with Gasteiger partial charge in [-0.3, -0.25) is 0 Å². The zero-order valence-electron chi connectivity index (χ0n) is 19.9. The number of hydrogen-bond acceptors (Lipinski definition) is 2. The van der Waals surface area contributed by atoms with Crippen molar-refractivity contribution in [3.63, 3.8) is 0 Å². The highest BCUT2D eigenvalue weighted by Crippen LogP contribution is 2.34. The molecule has 2 heteroatoms. The van der Waals surface area contributed by atoms with E-state index in [4.69, 9.17) is 9.47 Å². The fourth-order valence-electron chi connectivity index (χ4n) is 4.42. The normalized spacial score (nSPS) is 11.1. The third-order valence-corrected chi connectivity index (χ3v) is 6.24. The molecule has 0 aliphatic carbocycles. The van der Waals surface area contributed by atoms with Gasteiger partial charge in [0.2, 0.25) is 0 Å². The molecule has 0 atom stereocenters. The highest BCUT2D eigenvalue weighted by Gasteiger charge is 2.16. The van der Waals surface area contributed by atoms with E-state index in [9.17, 15) is 0 Å². The highest BCUT2D eigenvalue weighted by molar-refractivity contribution is 5.44. The summed E-state index contributed by atoms with van der Waals surface area (Å²) in [5.74, 6) is 2.35. The summed E-state index contributed by atoms with van der Waals surface area (Å²) in [6.07, 6.45) is 13.5. The maximum absolute atomic E-state index is 5.48. The lowest BCUT2D eigenvalue weighted by molar-refractivity contribution is 0.411. The Balaban J connectivity index is 2.02. The third-order valence-electron chi connectivity index (χ3n) is 6.24. The van der Waals surface area contributed by atoms with Crippen molar-refractivity contribution in [2.24, 2.45) is 0 Å². The standard InChI is InChI=1S/C28H42O2/c1-6-7-8-9-10-11-12-13-14-15-26(24-16-18-27(29-4)22(2)20-24)25-17-19-28(30-5)23(3)21-25/h16-21,26H,6-15H2,1-5H3. The van der Waals surface area contributed by atoms with Crippen molar-refractivity contribution in [3.05, 3.63) is 58.7 Å². The average molecular weight is 411 g/mol. The van der Waals surface area contributed by atoms with Gasteiger partial charge in [0.15, 0.2) is 0 Å². The Morgan fingerprint density at radius 3 is 1.47 bits per heavy atom. The van der Waals surface area contributed by atoms with Crippen LogP contribution in [0.2, 0.25) is 0 Å². The van der Waals surface area contributed by atoms with E-state index in [1.54, 1.807) is 14.2 Å². The van der Waals surface area contributed by atoms with Gasteiger partial charge in [-0.15, -0.1) is 0 Å². The van der Waals surface area contributed by atoms with Gasteiger partial charge in [-0.05, 0) is 54.7 Å². The Bertz CT molecular complexity index is 697. The fourth-order valence-corrected chi connectivity index (χ4v) is 4.42. The maximum Gasteiger partial charge on any atom is 0.121 e. The van der Waals surface area contributed by atoms with E-state index in [2.05, 4.69) is 57.2 Å². The van der Waals surface area contributed by atoms with Gasteiger partial charge in [0.05, 0.1) is 14.2 Å². The van der Waals surface area contributed by atoms with Crippen LogP contribution in [0.15, 0.2) is 36.4 Å². The summed E-state index contributed by atoms with van der Waals surface area (Å²) in [5, 5.41) is 0. The van der Waals surface area contributed by atoms with Gasteiger partial charge >= 0.3 is 0 Å². The van der Waals surface area contributed by atoms with E-state index in [1.165, 1.54) is 86.5 Å². The van der Waals surface area contributed by atoms with E-state index in [1.807, 2.05) is 0 Å². The van der Waals surface area contributed by atoms with Gasteiger partial charge < -0.3 is 9.47 Å². The summed E-state index contributed by atoms with van der Waals surface area (Å²) >= 11 is 0. The average Bonchev–Trinajstić information content (AvgIpc) is 2.75. The predicted octanol–water partition coefficient (Wildman–Crippen LogP) is 8.37. The molecule has 0 spiro atoms.